The number of hydrogen-bond acceptors (Lipinski definition) is 2. The molecule has 0 bridgehead atoms. The average molecular weight is 146 g/mol. The van der Waals surface area contributed by atoms with Crippen molar-refractivity contribution in [2.24, 2.45) is 0 Å². The molecule has 0 fully saturated rings. The number of allylic oxidation sites excluding steroid dienone is 2. The van der Waals surface area contributed by atoms with E-state index in [9.17, 15) is 8.42 Å². The van der Waals surface area contributed by atoms with Gasteiger partial charge >= 0.3 is 0 Å². The fourth-order valence-corrected chi connectivity index (χ4v) is 0.693. The Bertz CT molecular complexity index is 221. The van der Waals surface area contributed by atoms with Crippen LogP contribution in [0.25, 0.3) is 0 Å². The second-order valence-corrected chi connectivity index (χ2v) is 3.81. The summed E-state index contributed by atoms with van der Waals surface area (Å²) < 4.78 is 21.1. The Morgan fingerprint density at radius 2 is 2.00 bits per heavy atom. The summed E-state index contributed by atoms with van der Waals surface area (Å²) in [7, 11) is -3.05. The maximum Gasteiger partial charge on any atom is 0.174 e. The highest BCUT2D eigenvalue weighted by Gasteiger charge is 2.01. The normalized spacial score (nSPS) is 12.2. The van der Waals surface area contributed by atoms with Gasteiger partial charge in [0, 0.05) is 6.26 Å². The Morgan fingerprint density at radius 3 is 2.11 bits per heavy atom. The van der Waals surface area contributed by atoms with E-state index >= 15 is 0 Å². The van der Waals surface area contributed by atoms with E-state index in [0.29, 0.717) is 0 Å². The fraction of sp³-hybridized carbons (Fsp3) is 0.333. The summed E-state index contributed by atoms with van der Waals surface area (Å²) in [4.78, 5) is 0.157. The lowest BCUT2D eigenvalue weighted by molar-refractivity contribution is 0.608. The lowest BCUT2D eigenvalue weighted by Crippen LogP contribution is -1.95. The van der Waals surface area contributed by atoms with Crippen molar-refractivity contribution in [3.8, 4) is 0 Å². The van der Waals surface area contributed by atoms with E-state index in [4.69, 9.17) is 0 Å². The molecule has 0 aromatic heterocycles. The van der Waals surface area contributed by atoms with E-state index in [-0.39, 0.29) is 4.91 Å². The van der Waals surface area contributed by atoms with Crippen LogP contribution < -0.4 is 0 Å². The maximum absolute atomic E-state index is 10.6. The first-order valence-electron chi connectivity index (χ1n) is 2.50. The third-order valence-corrected chi connectivity index (χ3v) is 1.92. The first-order valence-corrected chi connectivity index (χ1v) is 4.39. The van der Waals surface area contributed by atoms with Crippen molar-refractivity contribution >= 4 is 9.84 Å². The van der Waals surface area contributed by atoms with Gasteiger partial charge in [0.05, 0.1) is 4.91 Å². The largest absolute Gasteiger partial charge is 0.224 e. The molecule has 0 aliphatic rings. The molecule has 0 heterocycles. The Labute approximate surface area is 55.8 Å². The van der Waals surface area contributed by atoms with Gasteiger partial charge in [0.15, 0.2) is 9.84 Å². The Morgan fingerprint density at radius 1 is 1.56 bits per heavy atom. The SMILES string of the molecule is C=C(C=CC)S(C)(=O)=O. The minimum absolute atomic E-state index is 0.157. The van der Waals surface area contributed by atoms with E-state index in [1.54, 1.807) is 13.0 Å². The van der Waals surface area contributed by atoms with E-state index in [0.717, 1.165) is 6.26 Å². The molecule has 0 rings (SSSR count). The molecule has 0 radical (unpaired) electrons. The topological polar surface area (TPSA) is 34.1 Å². The predicted molar refractivity (Wildman–Crippen MR) is 38.8 cm³/mol. The van der Waals surface area contributed by atoms with Crippen molar-refractivity contribution in [1.29, 1.82) is 0 Å². The summed E-state index contributed by atoms with van der Waals surface area (Å²) in [6, 6.07) is 0. The highest BCUT2D eigenvalue weighted by atomic mass is 32.2. The van der Waals surface area contributed by atoms with Gasteiger partial charge in [-0.15, -0.1) is 0 Å². The predicted octanol–water partition coefficient (Wildman–Crippen LogP) is 1.12. The van der Waals surface area contributed by atoms with E-state index in [2.05, 4.69) is 6.58 Å². The van der Waals surface area contributed by atoms with E-state index in [1.807, 2.05) is 0 Å². The highest BCUT2D eigenvalue weighted by Crippen LogP contribution is 2.00. The summed E-state index contributed by atoms with van der Waals surface area (Å²) in [6.07, 6.45) is 4.24. The second kappa shape index (κ2) is 2.82. The Hall–Kier alpha value is -0.570. The van der Waals surface area contributed by atoms with Crippen LogP contribution in [0.2, 0.25) is 0 Å². The molecule has 0 aliphatic heterocycles. The van der Waals surface area contributed by atoms with E-state index in [1.165, 1.54) is 6.08 Å². The van der Waals surface area contributed by atoms with E-state index < -0.39 is 9.84 Å². The minimum atomic E-state index is -3.05. The molecule has 0 N–H and O–H groups in total. The van der Waals surface area contributed by atoms with Crippen LogP contribution in [-0.4, -0.2) is 14.7 Å². The smallest absolute Gasteiger partial charge is 0.174 e. The number of sulfone groups is 1. The quantitative estimate of drug-likeness (QED) is 0.547. The van der Waals surface area contributed by atoms with Gasteiger partial charge in [-0.25, -0.2) is 8.42 Å². The van der Waals surface area contributed by atoms with Crippen LogP contribution in [0, 0.1) is 0 Å². The molecular formula is C6H10O2S. The summed E-state index contributed by atoms with van der Waals surface area (Å²) in [5.74, 6) is 0. The third-order valence-electron chi connectivity index (χ3n) is 0.829. The van der Waals surface area contributed by atoms with Crippen LogP contribution in [0.4, 0.5) is 0 Å². The zero-order chi connectivity index (χ0) is 7.49. The van der Waals surface area contributed by atoms with Gasteiger partial charge in [0.2, 0.25) is 0 Å². The molecule has 0 amide bonds. The third kappa shape index (κ3) is 3.08. The first kappa shape index (κ1) is 8.43. The summed E-state index contributed by atoms with van der Waals surface area (Å²) in [5, 5.41) is 0. The van der Waals surface area contributed by atoms with Crippen molar-refractivity contribution in [2.45, 2.75) is 6.92 Å². The summed E-state index contributed by atoms with van der Waals surface area (Å²) in [6.45, 7) is 5.09. The van der Waals surface area contributed by atoms with Crippen molar-refractivity contribution < 1.29 is 8.42 Å². The van der Waals surface area contributed by atoms with Gasteiger partial charge in [0.25, 0.3) is 0 Å². The van der Waals surface area contributed by atoms with Crippen LogP contribution in [0.3, 0.4) is 0 Å². The molecule has 0 atom stereocenters. The zero-order valence-corrected chi connectivity index (χ0v) is 6.40. The van der Waals surface area contributed by atoms with Crippen LogP contribution in [0.5, 0.6) is 0 Å². The molecule has 9 heavy (non-hydrogen) atoms. The van der Waals surface area contributed by atoms with Gasteiger partial charge in [-0.1, -0.05) is 12.7 Å². The molecule has 0 aromatic rings. The van der Waals surface area contributed by atoms with Crippen molar-refractivity contribution in [3.05, 3.63) is 23.6 Å². The van der Waals surface area contributed by atoms with Crippen LogP contribution in [0.1, 0.15) is 6.92 Å². The number of hydrogen-bond donors (Lipinski definition) is 0. The standard InChI is InChI=1S/C6H10O2S/c1-4-5-6(2)9(3,7)8/h4-5H,2H2,1,3H3. The summed E-state index contributed by atoms with van der Waals surface area (Å²) in [5.41, 5.74) is 0. The molecule has 0 aliphatic carbocycles. The van der Waals surface area contributed by atoms with Gasteiger partial charge in [-0.2, -0.15) is 0 Å². The number of rotatable bonds is 2. The summed E-state index contributed by atoms with van der Waals surface area (Å²) >= 11 is 0. The van der Waals surface area contributed by atoms with Crippen LogP contribution >= 0.6 is 0 Å². The fourth-order valence-electron chi connectivity index (χ4n) is 0.309. The minimum Gasteiger partial charge on any atom is -0.224 e. The van der Waals surface area contributed by atoms with Crippen molar-refractivity contribution in [2.75, 3.05) is 6.26 Å². The van der Waals surface area contributed by atoms with Crippen molar-refractivity contribution in [3.63, 3.8) is 0 Å². The lowest BCUT2D eigenvalue weighted by Gasteiger charge is -1.91. The Kier molecular flexibility index (Phi) is 2.65. The monoisotopic (exact) mass is 146 g/mol. The van der Waals surface area contributed by atoms with Gasteiger partial charge in [-0.3, -0.25) is 0 Å². The molecule has 0 unspecified atom stereocenters. The van der Waals surface area contributed by atoms with Crippen molar-refractivity contribution in [1.82, 2.24) is 0 Å². The molecule has 0 saturated carbocycles. The van der Waals surface area contributed by atoms with Gasteiger partial charge < -0.3 is 0 Å². The van der Waals surface area contributed by atoms with Crippen LogP contribution in [0.15, 0.2) is 23.6 Å². The molecule has 0 aromatic carbocycles. The molecular weight excluding hydrogens is 136 g/mol. The average Bonchev–Trinajstić information content (AvgIpc) is 1.64. The maximum atomic E-state index is 10.6. The Balaban J connectivity index is 4.45. The molecule has 2 nitrogen and oxygen atoms in total. The van der Waals surface area contributed by atoms with Gasteiger partial charge in [0.1, 0.15) is 0 Å². The van der Waals surface area contributed by atoms with Crippen LogP contribution in [-0.2, 0) is 9.84 Å². The van der Waals surface area contributed by atoms with Gasteiger partial charge in [-0.05, 0) is 13.0 Å². The molecule has 52 valence electrons. The lowest BCUT2D eigenvalue weighted by atomic mass is 10.5. The second-order valence-electron chi connectivity index (χ2n) is 1.74. The molecule has 0 saturated heterocycles. The molecule has 3 heteroatoms. The highest BCUT2D eigenvalue weighted by molar-refractivity contribution is 7.94. The zero-order valence-electron chi connectivity index (χ0n) is 5.59. The molecule has 0 spiro atoms. The first-order chi connectivity index (χ1) is 3.98.